The van der Waals surface area contributed by atoms with E-state index in [1.54, 1.807) is 0 Å². The summed E-state index contributed by atoms with van der Waals surface area (Å²) < 4.78 is 0. The molecule has 1 aliphatic carbocycles. The minimum atomic E-state index is 1.12. The number of benzene rings is 2. The van der Waals surface area contributed by atoms with E-state index < -0.39 is 0 Å². The molecule has 16 heavy (non-hydrogen) atoms. The molecular weight excluding hydrogens is 192 g/mol. The predicted molar refractivity (Wildman–Crippen MR) is 70.8 cm³/mol. The molecule has 0 amide bonds. The minimum Gasteiger partial charge on any atom is -0.0683 e. The average molecular weight is 208 g/mol. The van der Waals surface area contributed by atoms with Gasteiger partial charge in [-0.15, -0.1) is 0 Å². The van der Waals surface area contributed by atoms with Gasteiger partial charge in [0.25, 0.3) is 0 Å². The lowest BCUT2D eigenvalue weighted by Crippen LogP contribution is -1.86. The summed E-state index contributed by atoms with van der Waals surface area (Å²) in [7, 11) is 0. The van der Waals surface area contributed by atoms with E-state index in [1.807, 2.05) is 0 Å². The van der Waals surface area contributed by atoms with E-state index in [4.69, 9.17) is 0 Å². The van der Waals surface area contributed by atoms with Gasteiger partial charge in [0.2, 0.25) is 0 Å². The SMILES string of the molecule is CC1=Cc2cc3cc(C)c(C)cc3cc2C1. The van der Waals surface area contributed by atoms with Crippen molar-refractivity contribution < 1.29 is 0 Å². The largest absolute Gasteiger partial charge is 0.0683 e. The van der Waals surface area contributed by atoms with Crippen LogP contribution in [-0.4, -0.2) is 0 Å². The number of fused-ring (bicyclic) bond motifs is 2. The Hall–Kier alpha value is -1.56. The minimum absolute atomic E-state index is 1.12. The Morgan fingerprint density at radius 3 is 2.12 bits per heavy atom. The summed E-state index contributed by atoms with van der Waals surface area (Å²) >= 11 is 0. The highest BCUT2D eigenvalue weighted by molar-refractivity contribution is 5.88. The Morgan fingerprint density at radius 1 is 0.812 bits per heavy atom. The lowest BCUT2D eigenvalue weighted by molar-refractivity contribution is 1.20. The molecule has 0 N–H and O–H groups in total. The topological polar surface area (TPSA) is 0 Å². The van der Waals surface area contributed by atoms with Crippen molar-refractivity contribution in [3.8, 4) is 0 Å². The van der Waals surface area contributed by atoms with Crippen molar-refractivity contribution in [2.24, 2.45) is 0 Å². The van der Waals surface area contributed by atoms with E-state index in [0.717, 1.165) is 6.42 Å². The molecule has 0 aliphatic heterocycles. The highest BCUT2D eigenvalue weighted by Gasteiger charge is 2.10. The van der Waals surface area contributed by atoms with Gasteiger partial charge in [-0.2, -0.15) is 0 Å². The van der Waals surface area contributed by atoms with Gasteiger partial charge in [-0.05, 0) is 66.3 Å². The molecule has 1 aliphatic rings. The molecule has 0 unspecified atom stereocenters. The van der Waals surface area contributed by atoms with E-state index in [1.165, 1.54) is 38.6 Å². The van der Waals surface area contributed by atoms with Crippen LogP contribution in [0.25, 0.3) is 16.8 Å². The first kappa shape index (κ1) is 9.65. The molecule has 0 radical (unpaired) electrons. The molecule has 0 heteroatoms. The van der Waals surface area contributed by atoms with Crippen LogP contribution in [0.4, 0.5) is 0 Å². The molecule has 0 spiro atoms. The molecule has 80 valence electrons. The van der Waals surface area contributed by atoms with Crippen LogP contribution >= 0.6 is 0 Å². The Bertz CT molecular complexity index is 615. The van der Waals surface area contributed by atoms with Gasteiger partial charge in [-0.1, -0.05) is 29.8 Å². The van der Waals surface area contributed by atoms with E-state index >= 15 is 0 Å². The van der Waals surface area contributed by atoms with Crippen LogP contribution in [0.15, 0.2) is 29.8 Å². The van der Waals surface area contributed by atoms with Gasteiger partial charge < -0.3 is 0 Å². The number of hydrogen-bond acceptors (Lipinski definition) is 0. The van der Waals surface area contributed by atoms with Crippen molar-refractivity contribution in [2.75, 3.05) is 0 Å². The second-order valence-corrected chi connectivity index (χ2v) is 5.00. The monoisotopic (exact) mass is 208 g/mol. The summed E-state index contributed by atoms with van der Waals surface area (Å²) in [6, 6.07) is 9.28. The fourth-order valence-corrected chi connectivity index (χ4v) is 2.55. The van der Waals surface area contributed by atoms with E-state index in [2.05, 4.69) is 51.1 Å². The molecule has 0 fully saturated rings. The van der Waals surface area contributed by atoms with E-state index in [9.17, 15) is 0 Å². The summed E-state index contributed by atoms with van der Waals surface area (Å²) in [6.07, 6.45) is 3.43. The van der Waals surface area contributed by atoms with Crippen molar-refractivity contribution in [3.05, 3.63) is 52.1 Å². The zero-order chi connectivity index (χ0) is 11.3. The first-order valence-corrected chi connectivity index (χ1v) is 5.84. The van der Waals surface area contributed by atoms with Crippen molar-refractivity contribution in [3.63, 3.8) is 0 Å². The third-order valence-corrected chi connectivity index (χ3v) is 3.58. The summed E-state index contributed by atoms with van der Waals surface area (Å²) in [5.74, 6) is 0. The smallest absolute Gasteiger partial charge is 0.00604 e. The molecule has 2 aromatic rings. The van der Waals surface area contributed by atoms with Crippen molar-refractivity contribution in [1.29, 1.82) is 0 Å². The lowest BCUT2D eigenvalue weighted by atomic mass is 9.98. The first-order valence-electron chi connectivity index (χ1n) is 5.84. The number of rotatable bonds is 0. The molecule has 0 saturated heterocycles. The second-order valence-electron chi connectivity index (χ2n) is 5.00. The molecule has 0 nitrogen and oxygen atoms in total. The van der Waals surface area contributed by atoms with Crippen molar-refractivity contribution in [1.82, 2.24) is 0 Å². The highest BCUT2D eigenvalue weighted by Crippen LogP contribution is 2.30. The van der Waals surface area contributed by atoms with Crippen LogP contribution in [-0.2, 0) is 6.42 Å². The molecule has 0 saturated carbocycles. The fraction of sp³-hybridized carbons (Fsp3) is 0.250. The maximum atomic E-state index is 2.35. The Balaban J connectivity index is 2.31. The normalized spacial score (nSPS) is 14.1. The number of allylic oxidation sites excluding steroid dienone is 1. The van der Waals surface area contributed by atoms with Crippen LogP contribution < -0.4 is 0 Å². The number of hydrogen-bond donors (Lipinski definition) is 0. The predicted octanol–water partition coefficient (Wildman–Crippen LogP) is 4.42. The van der Waals surface area contributed by atoms with Crippen LogP contribution in [0.3, 0.4) is 0 Å². The Morgan fingerprint density at radius 2 is 1.44 bits per heavy atom. The van der Waals surface area contributed by atoms with Crippen LogP contribution in [0.2, 0.25) is 0 Å². The molecule has 0 bridgehead atoms. The fourth-order valence-electron chi connectivity index (χ4n) is 2.55. The molecule has 0 atom stereocenters. The highest BCUT2D eigenvalue weighted by atomic mass is 14.2. The third kappa shape index (κ3) is 1.37. The summed E-state index contributed by atoms with van der Waals surface area (Å²) in [5.41, 5.74) is 7.13. The molecule has 0 aromatic heterocycles. The van der Waals surface area contributed by atoms with Gasteiger partial charge in [0.15, 0.2) is 0 Å². The van der Waals surface area contributed by atoms with Crippen molar-refractivity contribution in [2.45, 2.75) is 27.2 Å². The van der Waals surface area contributed by atoms with E-state index in [-0.39, 0.29) is 0 Å². The van der Waals surface area contributed by atoms with Gasteiger partial charge in [0, 0.05) is 0 Å². The lowest BCUT2D eigenvalue weighted by Gasteiger charge is -2.07. The van der Waals surface area contributed by atoms with E-state index in [0.29, 0.717) is 0 Å². The molecule has 3 rings (SSSR count). The molecule has 2 aromatic carbocycles. The van der Waals surface area contributed by atoms with Gasteiger partial charge in [0.1, 0.15) is 0 Å². The third-order valence-electron chi connectivity index (χ3n) is 3.58. The van der Waals surface area contributed by atoms with Gasteiger partial charge >= 0.3 is 0 Å². The maximum Gasteiger partial charge on any atom is -0.00604 e. The first-order chi connectivity index (χ1) is 7.63. The zero-order valence-electron chi connectivity index (χ0n) is 10.1. The summed E-state index contributed by atoms with van der Waals surface area (Å²) in [5, 5.41) is 2.75. The average Bonchev–Trinajstić information content (AvgIpc) is 2.56. The van der Waals surface area contributed by atoms with Crippen LogP contribution in [0, 0.1) is 13.8 Å². The van der Waals surface area contributed by atoms with Gasteiger partial charge in [0.05, 0.1) is 0 Å². The van der Waals surface area contributed by atoms with Gasteiger partial charge in [-0.25, -0.2) is 0 Å². The summed E-state index contributed by atoms with van der Waals surface area (Å²) in [6.45, 7) is 6.58. The van der Waals surface area contributed by atoms with Crippen LogP contribution in [0.5, 0.6) is 0 Å². The number of aryl methyl sites for hydroxylation is 2. The standard InChI is InChI=1S/C16H16/c1-10-4-13-8-15-6-11(2)12(3)7-16(15)9-14(13)5-10/h4,6-9H,5H2,1-3H3. The maximum absolute atomic E-state index is 2.35. The Labute approximate surface area is 96.6 Å². The van der Waals surface area contributed by atoms with Crippen molar-refractivity contribution >= 4 is 16.8 Å². The van der Waals surface area contributed by atoms with Gasteiger partial charge in [-0.3, -0.25) is 0 Å². The Kier molecular flexibility index (Phi) is 1.94. The second kappa shape index (κ2) is 3.21. The molecule has 0 heterocycles. The van der Waals surface area contributed by atoms with Crippen LogP contribution in [0.1, 0.15) is 29.2 Å². The quantitative estimate of drug-likeness (QED) is 0.601. The summed E-state index contributed by atoms with van der Waals surface area (Å²) in [4.78, 5) is 0. The molecular formula is C16H16. The zero-order valence-corrected chi connectivity index (χ0v) is 10.1.